The molecule has 2 rings (SSSR count). The van der Waals surface area contributed by atoms with E-state index in [0.29, 0.717) is 23.4 Å². The number of nitrogens with two attached hydrogens (primary N) is 1. The Labute approximate surface area is 113 Å². The van der Waals surface area contributed by atoms with Gasteiger partial charge in [-0.3, -0.25) is 4.79 Å². The SMILES string of the molecule is CCOc1ccc(C(=O)c2cc(C)cc(N)c2)cc1. The molecule has 2 aromatic rings. The van der Waals surface area contributed by atoms with Crippen molar-refractivity contribution in [3.05, 3.63) is 59.2 Å². The molecule has 0 aliphatic heterocycles. The van der Waals surface area contributed by atoms with Crippen LogP contribution >= 0.6 is 0 Å². The number of carbonyl (C=O) groups excluding carboxylic acids is 1. The van der Waals surface area contributed by atoms with Crippen LogP contribution in [0, 0.1) is 6.92 Å². The molecular weight excluding hydrogens is 238 g/mol. The lowest BCUT2D eigenvalue weighted by Gasteiger charge is -2.06. The van der Waals surface area contributed by atoms with Gasteiger partial charge in [-0.1, -0.05) is 0 Å². The fraction of sp³-hybridized carbons (Fsp3) is 0.188. The average molecular weight is 255 g/mol. The highest BCUT2D eigenvalue weighted by molar-refractivity contribution is 6.09. The summed E-state index contributed by atoms with van der Waals surface area (Å²) in [7, 11) is 0. The van der Waals surface area contributed by atoms with Crippen LogP contribution in [-0.4, -0.2) is 12.4 Å². The van der Waals surface area contributed by atoms with Crippen LogP contribution in [0.4, 0.5) is 5.69 Å². The maximum atomic E-state index is 12.3. The van der Waals surface area contributed by atoms with E-state index in [1.54, 1.807) is 30.3 Å². The van der Waals surface area contributed by atoms with E-state index in [-0.39, 0.29) is 5.78 Å². The minimum Gasteiger partial charge on any atom is -0.494 e. The quantitative estimate of drug-likeness (QED) is 0.674. The summed E-state index contributed by atoms with van der Waals surface area (Å²) in [6.45, 7) is 4.46. The summed E-state index contributed by atoms with van der Waals surface area (Å²) < 4.78 is 5.35. The molecule has 0 aliphatic rings. The highest BCUT2D eigenvalue weighted by Gasteiger charge is 2.10. The van der Waals surface area contributed by atoms with E-state index in [9.17, 15) is 4.79 Å². The fourth-order valence-corrected chi connectivity index (χ4v) is 1.98. The molecule has 0 unspecified atom stereocenters. The molecule has 2 N–H and O–H groups in total. The Balaban J connectivity index is 2.28. The van der Waals surface area contributed by atoms with Gasteiger partial charge in [0.05, 0.1) is 6.61 Å². The molecule has 19 heavy (non-hydrogen) atoms. The molecule has 0 amide bonds. The maximum absolute atomic E-state index is 12.3. The second-order valence-electron chi connectivity index (χ2n) is 4.42. The number of rotatable bonds is 4. The Morgan fingerprint density at radius 3 is 2.37 bits per heavy atom. The van der Waals surface area contributed by atoms with Crippen LogP contribution in [0.2, 0.25) is 0 Å². The number of anilines is 1. The van der Waals surface area contributed by atoms with Crippen molar-refractivity contribution in [1.82, 2.24) is 0 Å². The molecule has 0 radical (unpaired) electrons. The van der Waals surface area contributed by atoms with Crippen LogP contribution in [0.3, 0.4) is 0 Å². The molecule has 0 fully saturated rings. The molecule has 0 bridgehead atoms. The van der Waals surface area contributed by atoms with Gasteiger partial charge in [0, 0.05) is 16.8 Å². The molecule has 3 nitrogen and oxygen atoms in total. The van der Waals surface area contributed by atoms with Crippen LogP contribution < -0.4 is 10.5 Å². The Morgan fingerprint density at radius 2 is 1.79 bits per heavy atom. The third kappa shape index (κ3) is 3.13. The van der Waals surface area contributed by atoms with Gasteiger partial charge in [-0.15, -0.1) is 0 Å². The van der Waals surface area contributed by atoms with Gasteiger partial charge in [0.1, 0.15) is 5.75 Å². The van der Waals surface area contributed by atoms with Crippen molar-refractivity contribution in [2.24, 2.45) is 0 Å². The third-order valence-corrected chi connectivity index (χ3v) is 2.79. The molecule has 0 saturated carbocycles. The molecule has 3 heteroatoms. The van der Waals surface area contributed by atoms with Gasteiger partial charge < -0.3 is 10.5 Å². The molecule has 0 saturated heterocycles. The summed E-state index contributed by atoms with van der Waals surface area (Å²) in [6, 6.07) is 12.5. The number of ketones is 1. The maximum Gasteiger partial charge on any atom is 0.193 e. The first-order valence-corrected chi connectivity index (χ1v) is 6.25. The highest BCUT2D eigenvalue weighted by atomic mass is 16.5. The predicted molar refractivity (Wildman–Crippen MR) is 76.6 cm³/mol. The van der Waals surface area contributed by atoms with Crippen molar-refractivity contribution < 1.29 is 9.53 Å². The van der Waals surface area contributed by atoms with E-state index in [1.165, 1.54) is 0 Å². The first-order chi connectivity index (χ1) is 9.10. The van der Waals surface area contributed by atoms with Crippen molar-refractivity contribution >= 4 is 11.5 Å². The molecule has 0 spiro atoms. The van der Waals surface area contributed by atoms with Crippen molar-refractivity contribution in [2.75, 3.05) is 12.3 Å². The van der Waals surface area contributed by atoms with Crippen molar-refractivity contribution in [2.45, 2.75) is 13.8 Å². The normalized spacial score (nSPS) is 10.2. The van der Waals surface area contributed by atoms with E-state index in [1.807, 2.05) is 26.0 Å². The summed E-state index contributed by atoms with van der Waals surface area (Å²) >= 11 is 0. The Bertz CT molecular complexity index is 568. The van der Waals surface area contributed by atoms with E-state index in [2.05, 4.69) is 0 Å². The Kier molecular flexibility index (Phi) is 3.85. The van der Waals surface area contributed by atoms with Crippen molar-refractivity contribution in [3.63, 3.8) is 0 Å². The van der Waals surface area contributed by atoms with Crippen molar-refractivity contribution in [1.29, 1.82) is 0 Å². The van der Waals surface area contributed by atoms with E-state index < -0.39 is 0 Å². The Morgan fingerprint density at radius 1 is 1.11 bits per heavy atom. The zero-order chi connectivity index (χ0) is 13.8. The highest BCUT2D eigenvalue weighted by Crippen LogP contribution is 2.18. The summed E-state index contributed by atoms with van der Waals surface area (Å²) in [6.07, 6.45) is 0. The molecular formula is C16H17NO2. The third-order valence-electron chi connectivity index (χ3n) is 2.79. The molecule has 0 aromatic heterocycles. The van der Waals surface area contributed by atoms with E-state index >= 15 is 0 Å². The summed E-state index contributed by atoms with van der Waals surface area (Å²) in [5.41, 5.74) is 8.60. The standard InChI is InChI=1S/C16H17NO2/c1-3-19-15-6-4-12(5-7-15)16(18)13-8-11(2)9-14(17)10-13/h4-10H,3,17H2,1-2H3. The molecule has 2 aromatic carbocycles. The van der Waals surface area contributed by atoms with Gasteiger partial charge >= 0.3 is 0 Å². The number of aryl methyl sites for hydroxylation is 1. The van der Waals surface area contributed by atoms with Gasteiger partial charge in [0.15, 0.2) is 5.78 Å². The smallest absolute Gasteiger partial charge is 0.193 e. The second-order valence-corrected chi connectivity index (χ2v) is 4.42. The lowest BCUT2D eigenvalue weighted by molar-refractivity contribution is 0.103. The predicted octanol–water partition coefficient (Wildman–Crippen LogP) is 3.21. The van der Waals surface area contributed by atoms with Gasteiger partial charge in [0.25, 0.3) is 0 Å². The lowest BCUT2D eigenvalue weighted by Crippen LogP contribution is -2.03. The molecule has 0 heterocycles. The van der Waals surface area contributed by atoms with Gasteiger partial charge in [-0.25, -0.2) is 0 Å². The monoisotopic (exact) mass is 255 g/mol. The van der Waals surface area contributed by atoms with Gasteiger partial charge in [0.2, 0.25) is 0 Å². The topological polar surface area (TPSA) is 52.3 Å². The number of nitrogen functional groups attached to an aromatic ring is 1. The van der Waals surface area contributed by atoms with E-state index in [0.717, 1.165) is 11.3 Å². The minimum atomic E-state index is -0.0292. The molecule has 98 valence electrons. The number of ether oxygens (including phenoxy) is 1. The average Bonchev–Trinajstić information content (AvgIpc) is 2.38. The van der Waals surface area contributed by atoms with Crippen LogP contribution in [0.5, 0.6) is 5.75 Å². The number of hydrogen-bond donors (Lipinski definition) is 1. The Hall–Kier alpha value is -2.29. The van der Waals surface area contributed by atoms with E-state index in [4.69, 9.17) is 10.5 Å². The number of carbonyl (C=O) groups is 1. The van der Waals surface area contributed by atoms with Crippen LogP contribution in [0.15, 0.2) is 42.5 Å². The van der Waals surface area contributed by atoms with Gasteiger partial charge in [-0.2, -0.15) is 0 Å². The molecule has 0 atom stereocenters. The summed E-state index contributed by atoms with van der Waals surface area (Å²) in [5.74, 6) is 0.737. The number of hydrogen-bond acceptors (Lipinski definition) is 3. The van der Waals surface area contributed by atoms with Crippen LogP contribution in [0.25, 0.3) is 0 Å². The minimum absolute atomic E-state index is 0.0292. The van der Waals surface area contributed by atoms with Gasteiger partial charge in [-0.05, 0) is 61.9 Å². The summed E-state index contributed by atoms with van der Waals surface area (Å²) in [4.78, 5) is 12.3. The largest absolute Gasteiger partial charge is 0.494 e. The van der Waals surface area contributed by atoms with Crippen LogP contribution in [-0.2, 0) is 0 Å². The molecule has 0 aliphatic carbocycles. The lowest BCUT2D eigenvalue weighted by atomic mass is 10.0. The summed E-state index contributed by atoms with van der Waals surface area (Å²) in [5, 5.41) is 0. The van der Waals surface area contributed by atoms with Crippen molar-refractivity contribution in [3.8, 4) is 5.75 Å². The first-order valence-electron chi connectivity index (χ1n) is 6.25. The van der Waals surface area contributed by atoms with Crippen LogP contribution in [0.1, 0.15) is 28.4 Å². The fourth-order valence-electron chi connectivity index (χ4n) is 1.98. The zero-order valence-electron chi connectivity index (χ0n) is 11.1. The second kappa shape index (κ2) is 5.57. The number of benzene rings is 2. The zero-order valence-corrected chi connectivity index (χ0v) is 11.1. The first kappa shape index (κ1) is 13.1.